The Balaban J connectivity index is 2.39. The summed E-state index contributed by atoms with van der Waals surface area (Å²) in [5.74, 6) is 2.46. The second kappa shape index (κ2) is 3.51. The second-order valence-corrected chi connectivity index (χ2v) is 7.14. The highest BCUT2D eigenvalue weighted by Crippen LogP contribution is 2.39. The fourth-order valence-corrected chi connectivity index (χ4v) is 6.37. The summed E-state index contributed by atoms with van der Waals surface area (Å²) in [6.45, 7) is 0. The highest BCUT2D eigenvalue weighted by Gasteiger charge is 2.11. The van der Waals surface area contributed by atoms with Crippen molar-refractivity contribution in [3.05, 3.63) is 3.98 Å². The molecule has 0 bridgehead atoms. The van der Waals surface area contributed by atoms with Crippen LogP contribution in [-0.2, 0) is 0 Å². The van der Waals surface area contributed by atoms with E-state index in [9.17, 15) is 0 Å². The van der Waals surface area contributed by atoms with Crippen LogP contribution in [0.25, 0.3) is 0 Å². The molecule has 2 heterocycles. The molecule has 0 aliphatic carbocycles. The van der Waals surface area contributed by atoms with Crippen molar-refractivity contribution in [2.45, 2.75) is 14.8 Å². The Bertz CT molecular complexity index is 273. The van der Waals surface area contributed by atoms with Crippen molar-refractivity contribution < 1.29 is 0 Å². The number of hydrogen-bond acceptors (Lipinski definition) is 5. The van der Waals surface area contributed by atoms with Gasteiger partial charge in [-0.15, -0.1) is 23.5 Å². The smallest absolute Gasteiger partial charge is 0.165 e. The Kier molecular flexibility index (Phi) is 2.61. The van der Waals surface area contributed by atoms with E-state index in [1.165, 1.54) is 26.3 Å². The van der Waals surface area contributed by atoms with Gasteiger partial charge in [0.25, 0.3) is 0 Å². The van der Waals surface area contributed by atoms with Gasteiger partial charge in [0.05, 0.1) is 8.42 Å². The zero-order valence-electron chi connectivity index (χ0n) is 5.75. The van der Waals surface area contributed by atoms with Gasteiger partial charge in [0.2, 0.25) is 0 Å². The van der Waals surface area contributed by atoms with E-state index in [4.69, 9.17) is 5.41 Å². The molecule has 1 aromatic rings. The summed E-state index contributed by atoms with van der Waals surface area (Å²) in [7, 11) is 0. The largest absolute Gasteiger partial charge is 0.281 e. The topological polar surface area (TPSA) is 23.9 Å². The average molecular weight is 221 g/mol. The van der Waals surface area contributed by atoms with Gasteiger partial charge in [0.1, 0.15) is 0 Å². The van der Waals surface area contributed by atoms with Crippen LogP contribution in [0.15, 0.2) is 8.42 Å². The standard InChI is InChI=1S/C6H7NS4/c7-6-10-4-5(11-6)9-3-1-2-8-4/h7H,1-3H2. The Morgan fingerprint density at radius 3 is 2.09 bits per heavy atom. The van der Waals surface area contributed by atoms with Gasteiger partial charge in [-0.1, -0.05) is 22.7 Å². The molecule has 0 saturated heterocycles. The molecular formula is C6H7NS4. The van der Waals surface area contributed by atoms with Gasteiger partial charge in [-0.2, -0.15) is 0 Å². The molecule has 0 unspecified atom stereocenters. The monoisotopic (exact) mass is 221 g/mol. The van der Waals surface area contributed by atoms with Crippen LogP contribution in [0.3, 0.4) is 0 Å². The summed E-state index contributed by atoms with van der Waals surface area (Å²) in [6, 6.07) is 0. The second-order valence-electron chi connectivity index (χ2n) is 2.12. The van der Waals surface area contributed by atoms with Crippen LogP contribution in [0.4, 0.5) is 0 Å². The molecule has 0 saturated carbocycles. The molecule has 0 atom stereocenters. The van der Waals surface area contributed by atoms with Gasteiger partial charge in [-0.25, -0.2) is 0 Å². The molecule has 2 rings (SSSR count). The fourth-order valence-electron chi connectivity index (χ4n) is 0.838. The molecule has 0 aromatic carbocycles. The maximum absolute atomic E-state index is 7.47. The van der Waals surface area contributed by atoms with E-state index in [0.717, 1.165) is 3.98 Å². The summed E-state index contributed by atoms with van der Waals surface area (Å²) >= 11 is 7.10. The molecule has 11 heavy (non-hydrogen) atoms. The van der Waals surface area contributed by atoms with Crippen LogP contribution >= 0.6 is 46.2 Å². The maximum atomic E-state index is 7.47. The van der Waals surface area contributed by atoms with Crippen LogP contribution in [0.5, 0.6) is 0 Å². The predicted octanol–water partition coefficient (Wildman–Crippen LogP) is 2.88. The van der Waals surface area contributed by atoms with Gasteiger partial charge in [-0.05, 0) is 17.9 Å². The highest BCUT2D eigenvalue weighted by molar-refractivity contribution is 8.05. The maximum Gasteiger partial charge on any atom is 0.165 e. The average Bonchev–Trinajstić information content (AvgIpc) is 2.17. The van der Waals surface area contributed by atoms with E-state index in [-0.39, 0.29) is 0 Å². The van der Waals surface area contributed by atoms with E-state index in [1.54, 1.807) is 22.7 Å². The first-order chi connectivity index (χ1) is 5.36. The first-order valence-electron chi connectivity index (χ1n) is 3.30. The number of hydrogen-bond donors (Lipinski definition) is 1. The van der Waals surface area contributed by atoms with Crippen molar-refractivity contribution in [2.75, 3.05) is 11.5 Å². The quantitative estimate of drug-likeness (QED) is 0.728. The lowest BCUT2D eigenvalue weighted by atomic mass is 10.6. The molecule has 60 valence electrons. The molecular weight excluding hydrogens is 214 g/mol. The first-order valence-corrected chi connectivity index (χ1v) is 6.91. The van der Waals surface area contributed by atoms with E-state index < -0.39 is 0 Å². The van der Waals surface area contributed by atoms with Crippen molar-refractivity contribution in [3.63, 3.8) is 0 Å². The van der Waals surface area contributed by atoms with Crippen molar-refractivity contribution in [1.82, 2.24) is 0 Å². The first kappa shape index (κ1) is 8.16. The highest BCUT2D eigenvalue weighted by atomic mass is 32.2. The molecule has 1 aliphatic rings. The lowest BCUT2D eigenvalue weighted by Crippen LogP contribution is -1.79. The minimum atomic E-state index is 0.747. The molecule has 5 heteroatoms. The molecule has 1 nitrogen and oxygen atoms in total. The van der Waals surface area contributed by atoms with Crippen molar-refractivity contribution in [3.8, 4) is 0 Å². The van der Waals surface area contributed by atoms with E-state index >= 15 is 0 Å². The molecule has 1 aromatic heterocycles. The Morgan fingerprint density at radius 2 is 1.55 bits per heavy atom. The minimum Gasteiger partial charge on any atom is -0.281 e. The van der Waals surface area contributed by atoms with Gasteiger partial charge < -0.3 is 0 Å². The van der Waals surface area contributed by atoms with E-state index in [2.05, 4.69) is 0 Å². The zero-order valence-corrected chi connectivity index (χ0v) is 9.02. The number of thioether (sulfide) groups is 2. The normalized spacial score (nSPS) is 17.5. The van der Waals surface area contributed by atoms with Crippen LogP contribution in [0.2, 0.25) is 0 Å². The molecule has 0 spiro atoms. The summed E-state index contributed by atoms with van der Waals surface area (Å²) in [5, 5.41) is 7.47. The van der Waals surface area contributed by atoms with Gasteiger partial charge in [0, 0.05) is 0 Å². The third-order valence-corrected chi connectivity index (χ3v) is 6.58. The number of nitrogens with one attached hydrogen (secondary N) is 1. The lowest BCUT2D eigenvalue weighted by molar-refractivity contribution is 1.13. The van der Waals surface area contributed by atoms with Crippen LogP contribution in [0, 0.1) is 5.41 Å². The van der Waals surface area contributed by atoms with Crippen molar-refractivity contribution >= 4 is 46.2 Å². The minimum absolute atomic E-state index is 0.747. The van der Waals surface area contributed by atoms with Crippen molar-refractivity contribution in [1.29, 1.82) is 5.41 Å². The Hall–Kier alpha value is 0.550. The fraction of sp³-hybridized carbons (Fsp3) is 0.500. The summed E-state index contributed by atoms with van der Waals surface area (Å²) in [4.78, 5) is 0. The third-order valence-electron chi connectivity index (χ3n) is 1.29. The van der Waals surface area contributed by atoms with E-state index in [0.29, 0.717) is 0 Å². The zero-order chi connectivity index (χ0) is 7.68. The molecule has 1 N–H and O–H groups in total. The summed E-state index contributed by atoms with van der Waals surface area (Å²) in [6.07, 6.45) is 1.30. The SMILES string of the molecule is N=c1sc2c(s1)SCCCS2. The van der Waals surface area contributed by atoms with Gasteiger partial charge in [-0.3, -0.25) is 5.41 Å². The van der Waals surface area contributed by atoms with Gasteiger partial charge >= 0.3 is 0 Å². The van der Waals surface area contributed by atoms with E-state index in [1.807, 2.05) is 23.5 Å². The molecule has 0 radical (unpaired) electrons. The summed E-state index contributed by atoms with van der Waals surface area (Å²) < 4.78 is 3.50. The van der Waals surface area contributed by atoms with Crippen LogP contribution < -0.4 is 3.98 Å². The predicted molar refractivity (Wildman–Crippen MR) is 54.1 cm³/mol. The van der Waals surface area contributed by atoms with Crippen LogP contribution in [-0.4, -0.2) is 11.5 Å². The van der Waals surface area contributed by atoms with Gasteiger partial charge in [0.15, 0.2) is 3.98 Å². The number of fused-ring (bicyclic) bond motifs is 1. The molecule has 0 fully saturated rings. The Morgan fingerprint density at radius 1 is 1.00 bits per heavy atom. The lowest BCUT2D eigenvalue weighted by Gasteiger charge is -1.90. The number of rotatable bonds is 0. The van der Waals surface area contributed by atoms with Crippen molar-refractivity contribution in [2.24, 2.45) is 0 Å². The molecule has 1 aliphatic heterocycles. The third kappa shape index (κ3) is 1.83. The molecule has 0 amide bonds. The summed E-state index contributed by atoms with van der Waals surface area (Å²) in [5.41, 5.74) is 0. The van der Waals surface area contributed by atoms with Crippen LogP contribution in [0.1, 0.15) is 6.42 Å². The Labute approximate surface area is 81.7 Å².